The average molecular weight is 258 g/mol. The number of rotatable bonds is 5. The molecule has 1 aliphatic carbocycles. The van der Waals surface area contributed by atoms with Crippen molar-refractivity contribution >= 4 is 11.6 Å². The first-order valence-corrected chi connectivity index (χ1v) is 6.95. The number of nitrogens with two attached hydrogens (primary N) is 1. The zero-order valence-corrected chi connectivity index (χ0v) is 11.3. The number of carbonyl (C=O) groups excluding carboxylic acids is 1. The van der Waals surface area contributed by atoms with Crippen LogP contribution >= 0.6 is 0 Å². The van der Waals surface area contributed by atoms with Crippen molar-refractivity contribution in [2.75, 3.05) is 12.3 Å². The van der Waals surface area contributed by atoms with Gasteiger partial charge in [0.15, 0.2) is 0 Å². The van der Waals surface area contributed by atoms with E-state index in [-0.39, 0.29) is 5.91 Å². The maximum Gasteiger partial charge on any atom is 0.227 e. The number of carbonyl (C=O) groups is 1. The summed E-state index contributed by atoms with van der Waals surface area (Å²) in [5, 5.41) is 0. The molecule has 1 aromatic rings. The average Bonchev–Trinajstić information content (AvgIpc) is 2.89. The highest BCUT2D eigenvalue weighted by molar-refractivity contribution is 5.79. The highest BCUT2D eigenvalue weighted by Gasteiger charge is 2.25. The third kappa shape index (κ3) is 3.60. The van der Waals surface area contributed by atoms with Gasteiger partial charge in [0.25, 0.3) is 0 Å². The Morgan fingerprint density at radius 1 is 1.42 bits per heavy atom. The highest BCUT2D eigenvalue weighted by Crippen LogP contribution is 2.24. The second-order valence-corrected chi connectivity index (χ2v) is 5.19. The van der Waals surface area contributed by atoms with Crippen molar-refractivity contribution < 1.29 is 4.79 Å². The summed E-state index contributed by atoms with van der Waals surface area (Å²) in [5.41, 5.74) is 7.44. The van der Waals surface area contributed by atoms with E-state index in [2.05, 4.69) is 6.58 Å². The first-order valence-electron chi connectivity index (χ1n) is 6.95. The van der Waals surface area contributed by atoms with Gasteiger partial charge in [-0.1, -0.05) is 31.1 Å². The van der Waals surface area contributed by atoms with Gasteiger partial charge in [-0.3, -0.25) is 4.79 Å². The Hall–Kier alpha value is -1.77. The number of hydrogen-bond acceptors (Lipinski definition) is 2. The van der Waals surface area contributed by atoms with E-state index >= 15 is 0 Å². The van der Waals surface area contributed by atoms with Gasteiger partial charge in [-0.15, -0.1) is 6.58 Å². The second kappa shape index (κ2) is 6.41. The summed E-state index contributed by atoms with van der Waals surface area (Å²) < 4.78 is 0. The zero-order chi connectivity index (χ0) is 13.7. The number of nitrogens with zero attached hydrogens (tertiary/aromatic N) is 1. The quantitative estimate of drug-likeness (QED) is 0.652. The van der Waals surface area contributed by atoms with E-state index < -0.39 is 0 Å². The van der Waals surface area contributed by atoms with E-state index in [0.29, 0.717) is 24.7 Å². The molecular weight excluding hydrogens is 236 g/mol. The van der Waals surface area contributed by atoms with Crippen LogP contribution in [0.3, 0.4) is 0 Å². The normalized spacial score (nSPS) is 15.4. The second-order valence-electron chi connectivity index (χ2n) is 5.19. The topological polar surface area (TPSA) is 46.3 Å². The lowest BCUT2D eigenvalue weighted by Crippen LogP contribution is -2.39. The van der Waals surface area contributed by atoms with Crippen LogP contribution in [0.15, 0.2) is 36.9 Å². The number of benzene rings is 1. The van der Waals surface area contributed by atoms with Crippen LogP contribution in [0.2, 0.25) is 0 Å². The Morgan fingerprint density at radius 2 is 2.16 bits per heavy atom. The highest BCUT2D eigenvalue weighted by atomic mass is 16.2. The minimum absolute atomic E-state index is 0.178. The van der Waals surface area contributed by atoms with Gasteiger partial charge < -0.3 is 10.6 Å². The van der Waals surface area contributed by atoms with Crippen molar-refractivity contribution in [1.82, 2.24) is 4.90 Å². The number of anilines is 1. The van der Waals surface area contributed by atoms with Gasteiger partial charge in [0.1, 0.15) is 0 Å². The standard InChI is InChI=1S/C16H22N2O/c1-2-10-18(15-8-3-4-9-15)16(19)12-13-6-5-7-14(17)11-13/h2,5-7,11,15H,1,3-4,8-10,12,17H2. The van der Waals surface area contributed by atoms with Gasteiger partial charge in [0.05, 0.1) is 6.42 Å². The van der Waals surface area contributed by atoms with Crippen LogP contribution in [0.25, 0.3) is 0 Å². The molecule has 1 fully saturated rings. The van der Waals surface area contributed by atoms with Gasteiger partial charge in [0.2, 0.25) is 5.91 Å². The van der Waals surface area contributed by atoms with Crippen LogP contribution in [0, 0.1) is 0 Å². The summed E-state index contributed by atoms with van der Waals surface area (Å²) >= 11 is 0. The molecule has 2 rings (SSSR count). The summed E-state index contributed by atoms with van der Waals surface area (Å²) in [7, 11) is 0. The Labute approximate surface area is 115 Å². The summed E-state index contributed by atoms with van der Waals surface area (Å²) in [5.74, 6) is 0.178. The Bertz CT molecular complexity index is 450. The predicted octanol–water partition coefficient (Wildman–Crippen LogP) is 2.77. The summed E-state index contributed by atoms with van der Waals surface area (Å²) in [6, 6.07) is 7.96. The SMILES string of the molecule is C=CCN(C(=O)Cc1cccc(N)c1)C1CCCC1. The first-order chi connectivity index (χ1) is 9.20. The fraction of sp³-hybridized carbons (Fsp3) is 0.438. The minimum Gasteiger partial charge on any atom is -0.399 e. The molecule has 1 saturated carbocycles. The van der Waals surface area contributed by atoms with Crippen LogP contribution in [0.1, 0.15) is 31.2 Å². The van der Waals surface area contributed by atoms with E-state index in [1.54, 1.807) is 0 Å². The fourth-order valence-corrected chi connectivity index (χ4v) is 2.79. The molecule has 102 valence electrons. The van der Waals surface area contributed by atoms with E-state index in [1.165, 1.54) is 12.8 Å². The van der Waals surface area contributed by atoms with Crippen LogP contribution in [-0.2, 0) is 11.2 Å². The van der Waals surface area contributed by atoms with E-state index in [1.807, 2.05) is 35.2 Å². The smallest absolute Gasteiger partial charge is 0.227 e. The molecule has 0 saturated heterocycles. The lowest BCUT2D eigenvalue weighted by molar-refractivity contribution is -0.132. The summed E-state index contributed by atoms with van der Waals surface area (Å²) in [6.07, 6.45) is 6.94. The van der Waals surface area contributed by atoms with Crippen molar-refractivity contribution in [3.8, 4) is 0 Å². The van der Waals surface area contributed by atoms with Gasteiger partial charge in [-0.25, -0.2) is 0 Å². The van der Waals surface area contributed by atoms with Gasteiger partial charge >= 0.3 is 0 Å². The molecular formula is C16H22N2O. The molecule has 0 aliphatic heterocycles. The molecule has 0 spiro atoms. The van der Waals surface area contributed by atoms with Crippen molar-refractivity contribution in [3.05, 3.63) is 42.5 Å². The summed E-state index contributed by atoms with van der Waals surface area (Å²) in [6.45, 7) is 4.41. The largest absolute Gasteiger partial charge is 0.399 e. The van der Waals surface area contributed by atoms with Crippen LogP contribution in [0.4, 0.5) is 5.69 Å². The lowest BCUT2D eigenvalue weighted by Gasteiger charge is -2.28. The Balaban J connectivity index is 2.04. The van der Waals surface area contributed by atoms with E-state index in [0.717, 1.165) is 18.4 Å². The Morgan fingerprint density at radius 3 is 2.79 bits per heavy atom. The number of nitrogen functional groups attached to an aromatic ring is 1. The van der Waals surface area contributed by atoms with Gasteiger partial charge in [-0.2, -0.15) is 0 Å². The molecule has 0 unspecified atom stereocenters. The maximum absolute atomic E-state index is 12.4. The minimum atomic E-state index is 0.178. The van der Waals surface area contributed by atoms with Crippen LogP contribution < -0.4 is 5.73 Å². The fourth-order valence-electron chi connectivity index (χ4n) is 2.79. The third-order valence-corrected chi connectivity index (χ3v) is 3.72. The molecule has 0 radical (unpaired) electrons. The summed E-state index contributed by atoms with van der Waals surface area (Å²) in [4.78, 5) is 14.4. The molecule has 1 aromatic carbocycles. The first kappa shape index (κ1) is 13.7. The third-order valence-electron chi connectivity index (χ3n) is 3.72. The van der Waals surface area contributed by atoms with Crippen LogP contribution in [0.5, 0.6) is 0 Å². The molecule has 3 heteroatoms. The van der Waals surface area contributed by atoms with Crippen molar-refractivity contribution in [3.63, 3.8) is 0 Å². The zero-order valence-electron chi connectivity index (χ0n) is 11.3. The lowest BCUT2D eigenvalue weighted by atomic mass is 10.1. The molecule has 3 nitrogen and oxygen atoms in total. The van der Waals surface area contributed by atoms with Crippen molar-refractivity contribution in [2.45, 2.75) is 38.1 Å². The van der Waals surface area contributed by atoms with Crippen molar-refractivity contribution in [2.24, 2.45) is 0 Å². The molecule has 0 atom stereocenters. The predicted molar refractivity (Wildman–Crippen MR) is 78.7 cm³/mol. The van der Waals surface area contributed by atoms with Crippen molar-refractivity contribution in [1.29, 1.82) is 0 Å². The van der Waals surface area contributed by atoms with E-state index in [9.17, 15) is 4.79 Å². The molecule has 0 heterocycles. The molecule has 2 N–H and O–H groups in total. The number of amides is 1. The molecule has 19 heavy (non-hydrogen) atoms. The number of hydrogen-bond donors (Lipinski definition) is 1. The van der Waals surface area contributed by atoms with Gasteiger partial charge in [-0.05, 0) is 30.5 Å². The Kier molecular flexibility index (Phi) is 4.61. The molecule has 0 bridgehead atoms. The van der Waals surface area contributed by atoms with E-state index in [4.69, 9.17) is 5.73 Å². The maximum atomic E-state index is 12.4. The van der Waals surface area contributed by atoms with Crippen LogP contribution in [-0.4, -0.2) is 23.4 Å². The van der Waals surface area contributed by atoms with Gasteiger partial charge in [0, 0.05) is 18.3 Å². The molecule has 1 amide bonds. The molecule has 0 aromatic heterocycles. The monoisotopic (exact) mass is 258 g/mol. The molecule has 1 aliphatic rings.